The van der Waals surface area contributed by atoms with E-state index in [0.717, 1.165) is 23.3 Å². The maximum atomic E-state index is 13.7. The van der Waals surface area contributed by atoms with Gasteiger partial charge in [0.15, 0.2) is 4.80 Å². The third kappa shape index (κ3) is 4.84. The number of thiazole rings is 1. The van der Waals surface area contributed by atoms with Crippen LogP contribution in [0.15, 0.2) is 50.7 Å². The Morgan fingerprint density at radius 1 is 1.27 bits per heavy atom. The Morgan fingerprint density at radius 2 is 2.06 bits per heavy atom. The second-order valence-corrected chi connectivity index (χ2v) is 11.5. The van der Waals surface area contributed by atoms with Crippen molar-refractivity contribution in [2.45, 2.75) is 26.8 Å². The molecule has 33 heavy (non-hydrogen) atoms. The SMILES string of the molecule is CCOC(=O)C1=C(C)N=c2s/c(=C\c3cc(I)cc(I)c3OCC)c(=O)n2[C@H]1c1cccs1. The van der Waals surface area contributed by atoms with Gasteiger partial charge in [-0.2, -0.15) is 0 Å². The van der Waals surface area contributed by atoms with Gasteiger partial charge in [-0.1, -0.05) is 17.4 Å². The van der Waals surface area contributed by atoms with Crippen LogP contribution in [0.4, 0.5) is 0 Å². The normalized spacial score (nSPS) is 15.9. The number of hydrogen-bond acceptors (Lipinski definition) is 7. The van der Waals surface area contributed by atoms with Crippen molar-refractivity contribution in [3.05, 3.63) is 78.2 Å². The number of fused-ring (bicyclic) bond motifs is 1. The highest BCUT2D eigenvalue weighted by atomic mass is 127. The summed E-state index contributed by atoms with van der Waals surface area (Å²) in [4.78, 5) is 32.6. The second kappa shape index (κ2) is 10.4. The maximum Gasteiger partial charge on any atom is 0.338 e. The van der Waals surface area contributed by atoms with Crippen LogP contribution in [0, 0.1) is 7.14 Å². The third-order valence-electron chi connectivity index (χ3n) is 4.94. The minimum Gasteiger partial charge on any atom is -0.492 e. The van der Waals surface area contributed by atoms with Crippen LogP contribution < -0.4 is 19.6 Å². The molecule has 4 rings (SSSR count). The molecule has 0 amide bonds. The van der Waals surface area contributed by atoms with Gasteiger partial charge in [-0.3, -0.25) is 9.36 Å². The van der Waals surface area contributed by atoms with Crippen molar-refractivity contribution in [1.29, 1.82) is 0 Å². The molecule has 172 valence electrons. The molecule has 3 aromatic rings. The van der Waals surface area contributed by atoms with Gasteiger partial charge < -0.3 is 9.47 Å². The highest BCUT2D eigenvalue weighted by molar-refractivity contribution is 14.1. The van der Waals surface area contributed by atoms with Crippen molar-refractivity contribution in [2.24, 2.45) is 4.99 Å². The lowest BCUT2D eigenvalue weighted by atomic mass is 10.0. The van der Waals surface area contributed by atoms with Gasteiger partial charge >= 0.3 is 5.97 Å². The zero-order chi connectivity index (χ0) is 23.7. The van der Waals surface area contributed by atoms with Crippen molar-refractivity contribution < 1.29 is 14.3 Å². The zero-order valence-electron chi connectivity index (χ0n) is 18.1. The molecular formula is C23H20I2N2O4S2. The minimum absolute atomic E-state index is 0.192. The standard InChI is InChI=1S/C23H20I2N2O4S2/c1-4-30-20-13(9-14(24)11-15(20)25)10-17-21(28)27-19(16-7-6-8-32-16)18(22(29)31-5-2)12(3)26-23(27)33-17/h6-11,19H,4-5H2,1-3H3/b17-10-/t19-/m0/s1. The van der Waals surface area contributed by atoms with Gasteiger partial charge in [0, 0.05) is 14.0 Å². The molecule has 1 aromatic carbocycles. The lowest BCUT2D eigenvalue weighted by molar-refractivity contribution is -0.139. The first-order valence-corrected chi connectivity index (χ1v) is 14.1. The predicted octanol–water partition coefficient (Wildman–Crippen LogP) is 4.47. The molecule has 0 aliphatic carbocycles. The van der Waals surface area contributed by atoms with Gasteiger partial charge in [-0.25, -0.2) is 9.79 Å². The van der Waals surface area contributed by atoms with Gasteiger partial charge in [0.25, 0.3) is 5.56 Å². The number of rotatable bonds is 6. The summed E-state index contributed by atoms with van der Waals surface area (Å²) in [5, 5.41) is 1.94. The number of benzene rings is 1. The Hall–Kier alpha value is -1.51. The van der Waals surface area contributed by atoms with E-state index in [-0.39, 0.29) is 12.2 Å². The van der Waals surface area contributed by atoms with E-state index in [0.29, 0.717) is 27.2 Å². The van der Waals surface area contributed by atoms with E-state index in [1.807, 2.05) is 42.6 Å². The molecule has 1 aliphatic rings. The van der Waals surface area contributed by atoms with Crippen LogP contribution in [0.3, 0.4) is 0 Å². The quantitative estimate of drug-likeness (QED) is 0.281. The largest absolute Gasteiger partial charge is 0.492 e. The van der Waals surface area contributed by atoms with Crippen LogP contribution in [0.1, 0.15) is 37.3 Å². The molecule has 0 bridgehead atoms. The summed E-state index contributed by atoms with van der Waals surface area (Å²) in [6.45, 7) is 6.27. The predicted molar refractivity (Wildman–Crippen MR) is 148 cm³/mol. The molecule has 0 radical (unpaired) electrons. The summed E-state index contributed by atoms with van der Waals surface area (Å²) < 4.78 is 15.4. The molecule has 3 heterocycles. The summed E-state index contributed by atoms with van der Waals surface area (Å²) in [5.74, 6) is 0.305. The molecular weight excluding hydrogens is 686 g/mol. The number of thiophene rings is 1. The van der Waals surface area contributed by atoms with Gasteiger partial charge in [0.2, 0.25) is 0 Å². The molecule has 6 nitrogen and oxygen atoms in total. The van der Waals surface area contributed by atoms with Crippen molar-refractivity contribution in [3.63, 3.8) is 0 Å². The van der Waals surface area contributed by atoms with E-state index in [4.69, 9.17) is 9.47 Å². The fourth-order valence-corrected chi connectivity index (χ4v) is 7.54. The Labute approximate surface area is 225 Å². The van der Waals surface area contributed by atoms with Crippen molar-refractivity contribution in [1.82, 2.24) is 4.57 Å². The number of ether oxygens (including phenoxy) is 2. The minimum atomic E-state index is -0.565. The molecule has 1 aliphatic heterocycles. The molecule has 0 N–H and O–H groups in total. The summed E-state index contributed by atoms with van der Waals surface area (Å²) >= 11 is 7.32. The number of hydrogen-bond donors (Lipinski definition) is 0. The number of allylic oxidation sites excluding steroid dienone is 1. The lowest BCUT2D eigenvalue weighted by Crippen LogP contribution is -2.39. The fourth-order valence-electron chi connectivity index (χ4n) is 3.63. The topological polar surface area (TPSA) is 69.9 Å². The molecule has 0 saturated heterocycles. The van der Waals surface area contributed by atoms with Crippen molar-refractivity contribution >= 4 is 79.9 Å². The van der Waals surface area contributed by atoms with Crippen LogP contribution >= 0.6 is 67.9 Å². The number of carbonyl (C=O) groups is 1. The Morgan fingerprint density at radius 3 is 2.73 bits per heavy atom. The van der Waals surface area contributed by atoms with Crippen LogP contribution in [0.5, 0.6) is 5.75 Å². The number of halogens is 2. The lowest BCUT2D eigenvalue weighted by Gasteiger charge is -2.23. The maximum absolute atomic E-state index is 13.7. The van der Waals surface area contributed by atoms with Gasteiger partial charge in [-0.05, 0) is 95.6 Å². The summed E-state index contributed by atoms with van der Waals surface area (Å²) in [6.07, 6.45) is 1.86. The van der Waals surface area contributed by atoms with E-state index in [1.165, 1.54) is 22.7 Å². The Balaban J connectivity index is 1.96. The molecule has 1 atom stereocenters. The summed E-state index contributed by atoms with van der Waals surface area (Å²) in [7, 11) is 0. The van der Waals surface area contributed by atoms with Crippen LogP contribution in [-0.2, 0) is 9.53 Å². The number of aromatic nitrogens is 1. The monoisotopic (exact) mass is 706 g/mol. The van der Waals surface area contributed by atoms with E-state index >= 15 is 0 Å². The summed E-state index contributed by atoms with van der Waals surface area (Å²) in [6, 6.07) is 7.31. The number of nitrogens with zero attached hydrogens (tertiary/aromatic N) is 2. The number of carbonyl (C=O) groups excluding carboxylic acids is 1. The van der Waals surface area contributed by atoms with E-state index in [2.05, 4.69) is 50.2 Å². The highest BCUT2D eigenvalue weighted by Crippen LogP contribution is 2.33. The Kier molecular flexibility index (Phi) is 7.76. The van der Waals surface area contributed by atoms with Gasteiger partial charge in [-0.15, -0.1) is 11.3 Å². The highest BCUT2D eigenvalue weighted by Gasteiger charge is 2.33. The first-order chi connectivity index (χ1) is 15.8. The molecule has 10 heteroatoms. The fraction of sp³-hybridized carbons (Fsp3) is 0.261. The second-order valence-electron chi connectivity index (χ2n) is 7.06. The van der Waals surface area contributed by atoms with Crippen molar-refractivity contribution in [2.75, 3.05) is 13.2 Å². The van der Waals surface area contributed by atoms with E-state index in [1.54, 1.807) is 18.4 Å². The smallest absolute Gasteiger partial charge is 0.338 e. The first-order valence-electron chi connectivity index (χ1n) is 10.2. The van der Waals surface area contributed by atoms with Gasteiger partial charge in [0.1, 0.15) is 11.8 Å². The zero-order valence-corrected chi connectivity index (χ0v) is 24.0. The third-order valence-corrected chi connectivity index (χ3v) is 8.27. The molecule has 0 fully saturated rings. The summed E-state index contributed by atoms with van der Waals surface area (Å²) in [5.41, 5.74) is 1.62. The van der Waals surface area contributed by atoms with Crippen LogP contribution in [-0.4, -0.2) is 23.8 Å². The van der Waals surface area contributed by atoms with Crippen LogP contribution in [0.25, 0.3) is 6.08 Å². The molecule has 0 unspecified atom stereocenters. The Bertz CT molecular complexity index is 1420. The first kappa shape index (κ1) is 24.6. The van der Waals surface area contributed by atoms with E-state index < -0.39 is 12.0 Å². The molecule has 0 saturated carbocycles. The van der Waals surface area contributed by atoms with Crippen LogP contribution in [0.2, 0.25) is 0 Å². The number of esters is 1. The average Bonchev–Trinajstić information content (AvgIpc) is 3.38. The van der Waals surface area contributed by atoms with Gasteiger partial charge in [0.05, 0.1) is 32.6 Å². The molecule has 0 spiro atoms. The van der Waals surface area contributed by atoms with E-state index in [9.17, 15) is 9.59 Å². The average molecular weight is 706 g/mol. The molecule has 2 aromatic heterocycles. The van der Waals surface area contributed by atoms with Crippen molar-refractivity contribution in [3.8, 4) is 5.75 Å².